The third-order valence-electron chi connectivity index (χ3n) is 5.68. The number of carbonyl (C=O) groups is 2. The van der Waals surface area contributed by atoms with E-state index in [2.05, 4.69) is 4.98 Å². The summed E-state index contributed by atoms with van der Waals surface area (Å²) in [7, 11) is 0. The van der Waals surface area contributed by atoms with E-state index in [1.165, 1.54) is 48.5 Å². The SMILES string of the molecule is Cc1cc(C(=O)C2=C(O)C(=O)N(c3nc4ccc(F)cc4s3)C2c2cccc([N+](=O)[O-])c2)c(C)o1. The Morgan fingerprint density at radius 1 is 1.23 bits per heavy atom. The maximum atomic E-state index is 13.8. The van der Waals surface area contributed by atoms with Crippen LogP contribution >= 0.6 is 11.3 Å². The fourth-order valence-electron chi connectivity index (χ4n) is 4.15. The fourth-order valence-corrected chi connectivity index (χ4v) is 5.17. The van der Waals surface area contributed by atoms with Crippen LogP contribution in [-0.4, -0.2) is 26.7 Å². The molecule has 2 aromatic heterocycles. The molecule has 9 nitrogen and oxygen atoms in total. The lowest BCUT2D eigenvalue weighted by molar-refractivity contribution is -0.384. The van der Waals surface area contributed by atoms with E-state index in [0.29, 0.717) is 21.7 Å². The largest absolute Gasteiger partial charge is 0.503 e. The average Bonchev–Trinajstić information content (AvgIpc) is 3.46. The van der Waals surface area contributed by atoms with Crippen LogP contribution in [0.25, 0.3) is 10.2 Å². The third kappa shape index (κ3) is 3.66. The summed E-state index contributed by atoms with van der Waals surface area (Å²) in [5.74, 6) is -2.08. The number of Topliss-reactive ketones (excluding diaryl/α,β-unsaturated/α-hetero) is 1. The minimum absolute atomic E-state index is 0.0987. The number of furan rings is 1. The number of nitro groups is 1. The van der Waals surface area contributed by atoms with Gasteiger partial charge in [-0.2, -0.15) is 0 Å². The molecule has 1 aliphatic rings. The predicted octanol–water partition coefficient (Wildman–Crippen LogP) is 5.34. The summed E-state index contributed by atoms with van der Waals surface area (Å²) in [5.41, 5.74) is 0.279. The highest BCUT2D eigenvalue weighted by Gasteiger charge is 2.46. The maximum absolute atomic E-state index is 13.8. The summed E-state index contributed by atoms with van der Waals surface area (Å²) in [5, 5.41) is 22.4. The highest BCUT2D eigenvalue weighted by molar-refractivity contribution is 7.22. The van der Waals surface area contributed by atoms with E-state index in [9.17, 15) is 29.2 Å². The number of anilines is 1. The first kappa shape index (κ1) is 22.4. The van der Waals surface area contributed by atoms with Crippen molar-refractivity contribution in [1.82, 2.24) is 4.98 Å². The van der Waals surface area contributed by atoms with Crippen molar-refractivity contribution in [2.24, 2.45) is 0 Å². The molecule has 0 bridgehead atoms. The molecular weight excluding hydrogens is 477 g/mol. The van der Waals surface area contributed by atoms with Crippen LogP contribution in [0.2, 0.25) is 0 Å². The van der Waals surface area contributed by atoms with Gasteiger partial charge >= 0.3 is 0 Å². The topological polar surface area (TPSA) is 127 Å². The molecule has 5 rings (SSSR count). The molecule has 1 unspecified atom stereocenters. The average molecular weight is 493 g/mol. The van der Waals surface area contributed by atoms with Gasteiger partial charge in [0, 0.05) is 12.1 Å². The number of fused-ring (bicyclic) bond motifs is 1. The van der Waals surface area contributed by atoms with Gasteiger partial charge in [0.2, 0.25) is 0 Å². The Hall–Kier alpha value is -4.38. The molecule has 1 atom stereocenters. The van der Waals surface area contributed by atoms with Crippen LogP contribution in [-0.2, 0) is 4.79 Å². The monoisotopic (exact) mass is 493 g/mol. The smallest absolute Gasteiger partial charge is 0.296 e. The second kappa shape index (κ2) is 8.13. The molecule has 11 heteroatoms. The molecule has 4 aromatic rings. The molecule has 1 amide bonds. The van der Waals surface area contributed by atoms with Crippen molar-refractivity contribution >= 4 is 44.1 Å². The van der Waals surface area contributed by atoms with E-state index < -0.39 is 34.2 Å². The minimum atomic E-state index is -1.21. The number of hydrogen-bond acceptors (Lipinski definition) is 8. The highest BCUT2D eigenvalue weighted by atomic mass is 32.1. The van der Waals surface area contributed by atoms with Crippen LogP contribution in [0.1, 0.15) is 33.5 Å². The van der Waals surface area contributed by atoms with Crippen LogP contribution in [0.4, 0.5) is 15.2 Å². The van der Waals surface area contributed by atoms with Gasteiger partial charge in [-0.15, -0.1) is 0 Å². The van der Waals surface area contributed by atoms with Crippen LogP contribution in [0, 0.1) is 29.8 Å². The fraction of sp³-hybridized carbons (Fsp3) is 0.125. The molecule has 0 aliphatic carbocycles. The van der Waals surface area contributed by atoms with Crippen LogP contribution in [0.5, 0.6) is 0 Å². The number of thiazole rings is 1. The van der Waals surface area contributed by atoms with Crippen molar-refractivity contribution < 1.29 is 28.4 Å². The first-order valence-electron chi connectivity index (χ1n) is 10.3. The summed E-state index contributed by atoms with van der Waals surface area (Å²) in [6.07, 6.45) is 0. The number of halogens is 1. The predicted molar refractivity (Wildman–Crippen MR) is 125 cm³/mol. The summed E-state index contributed by atoms with van der Waals surface area (Å²) < 4.78 is 19.7. The Bertz CT molecular complexity index is 1590. The Labute approximate surface area is 200 Å². The lowest BCUT2D eigenvalue weighted by atomic mass is 9.92. The number of nitro benzene ring substituents is 1. The number of aliphatic hydroxyl groups excluding tert-OH is 1. The number of carbonyl (C=O) groups excluding carboxylic acids is 2. The number of non-ortho nitro benzene ring substituents is 1. The lowest BCUT2D eigenvalue weighted by Gasteiger charge is -2.24. The molecule has 0 fully saturated rings. The Kier molecular flexibility index (Phi) is 5.21. The maximum Gasteiger partial charge on any atom is 0.296 e. The molecule has 1 N–H and O–H groups in total. The zero-order valence-electron chi connectivity index (χ0n) is 18.3. The van der Waals surface area contributed by atoms with Gasteiger partial charge in [0.25, 0.3) is 11.6 Å². The molecule has 0 radical (unpaired) electrons. The van der Waals surface area contributed by atoms with Crippen molar-refractivity contribution in [2.75, 3.05) is 4.90 Å². The number of amides is 1. The second-order valence-electron chi connectivity index (χ2n) is 7.96. The zero-order chi connectivity index (χ0) is 25.0. The van der Waals surface area contributed by atoms with Gasteiger partial charge in [0.05, 0.1) is 32.3 Å². The highest BCUT2D eigenvalue weighted by Crippen LogP contribution is 2.45. The molecular formula is C24H16FN3O6S. The third-order valence-corrected chi connectivity index (χ3v) is 6.70. The van der Waals surface area contributed by atoms with E-state index >= 15 is 0 Å². The normalized spacial score (nSPS) is 15.9. The first-order chi connectivity index (χ1) is 16.7. The van der Waals surface area contributed by atoms with E-state index in [4.69, 9.17) is 4.42 Å². The number of aryl methyl sites for hydroxylation is 2. The molecule has 0 saturated heterocycles. The first-order valence-corrected chi connectivity index (χ1v) is 11.2. The van der Waals surface area contributed by atoms with Crippen molar-refractivity contribution in [3.05, 3.63) is 98.4 Å². The summed E-state index contributed by atoms with van der Waals surface area (Å²) >= 11 is 0.993. The molecule has 2 aromatic carbocycles. The zero-order valence-corrected chi connectivity index (χ0v) is 19.1. The summed E-state index contributed by atoms with van der Waals surface area (Å²) in [6, 6.07) is 9.67. The number of aromatic nitrogens is 1. The van der Waals surface area contributed by atoms with E-state index in [1.54, 1.807) is 13.8 Å². The molecule has 35 heavy (non-hydrogen) atoms. The quantitative estimate of drug-likeness (QED) is 0.226. The number of ketones is 1. The van der Waals surface area contributed by atoms with Crippen molar-refractivity contribution in [1.29, 1.82) is 0 Å². The number of nitrogens with zero attached hydrogens (tertiary/aromatic N) is 3. The number of hydrogen-bond donors (Lipinski definition) is 1. The molecule has 0 spiro atoms. The second-order valence-corrected chi connectivity index (χ2v) is 8.97. The molecule has 0 saturated carbocycles. The van der Waals surface area contributed by atoms with E-state index in [1.807, 2.05) is 0 Å². The van der Waals surface area contributed by atoms with E-state index in [0.717, 1.165) is 16.2 Å². The molecule has 3 heterocycles. The standard InChI is InChI=1S/C24H16FN3O6S/c1-11-8-16(12(2)34-11)21(29)19-20(13-4-3-5-15(9-13)28(32)33)27(23(31)22(19)30)24-26-17-7-6-14(25)10-18(17)35-24/h3-10,20,30H,1-2H3. The van der Waals surface area contributed by atoms with Crippen molar-refractivity contribution in [3.63, 3.8) is 0 Å². The van der Waals surface area contributed by atoms with Gasteiger partial charge < -0.3 is 9.52 Å². The minimum Gasteiger partial charge on any atom is -0.503 e. The van der Waals surface area contributed by atoms with Crippen LogP contribution < -0.4 is 4.90 Å². The number of aliphatic hydroxyl groups is 1. The summed E-state index contributed by atoms with van der Waals surface area (Å²) in [6.45, 7) is 3.24. The lowest BCUT2D eigenvalue weighted by Crippen LogP contribution is -2.31. The van der Waals surface area contributed by atoms with E-state index in [-0.39, 0.29) is 27.5 Å². The van der Waals surface area contributed by atoms with Crippen molar-refractivity contribution in [2.45, 2.75) is 19.9 Å². The molecule has 1 aliphatic heterocycles. The van der Waals surface area contributed by atoms with Gasteiger partial charge in [0.15, 0.2) is 16.7 Å². The Morgan fingerprint density at radius 3 is 2.69 bits per heavy atom. The van der Waals surface area contributed by atoms with Gasteiger partial charge in [-0.3, -0.25) is 24.6 Å². The summed E-state index contributed by atoms with van der Waals surface area (Å²) in [4.78, 5) is 43.2. The van der Waals surface area contributed by atoms with Gasteiger partial charge in [0.1, 0.15) is 17.3 Å². The number of rotatable bonds is 5. The van der Waals surface area contributed by atoms with Crippen LogP contribution in [0.3, 0.4) is 0 Å². The Balaban J connectivity index is 1.71. The van der Waals surface area contributed by atoms with Crippen molar-refractivity contribution in [3.8, 4) is 0 Å². The van der Waals surface area contributed by atoms with Crippen LogP contribution in [0.15, 0.2) is 64.3 Å². The van der Waals surface area contributed by atoms with Gasteiger partial charge in [-0.05, 0) is 43.7 Å². The van der Waals surface area contributed by atoms with Gasteiger partial charge in [-0.25, -0.2) is 9.37 Å². The Morgan fingerprint density at radius 2 is 2.00 bits per heavy atom. The molecule has 176 valence electrons. The van der Waals surface area contributed by atoms with Gasteiger partial charge in [-0.1, -0.05) is 23.5 Å². The number of benzene rings is 2.